The molecular formula is C21H31N5O5S. The lowest BCUT2D eigenvalue weighted by atomic mass is 10.1. The van der Waals surface area contributed by atoms with Crippen LogP contribution in [0.4, 0.5) is 0 Å². The van der Waals surface area contributed by atoms with Gasteiger partial charge < -0.3 is 32.5 Å². The standard InChI is InChI=1S/C21H31N5O5S/c1-12(27)18-21(31)25-15(19(23)29)11-32-16-8-3-2-6-13(16)10-17(28)24-14(20(30)26-18)7-4-5-9-22/h2-3,6,8,12,14-15,18,27H,4-5,7,9-11,22H2,1H3,(H2,23,29)(H,24,28)(H,25,31)(H,26,30)/t12?,14-,15-,18-/m0/s1. The molecule has 0 fully saturated rings. The summed E-state index contributed by atoms with van der Waals surface area (Å²) in [4.78, 5) is 51.1. The van der Waals surface area contributed by atoms with E-state index >= 15 is 0 Å². The first-order chi connectivity index (χ1) is 15.2. The van der Waals surface area contributed by atoms with E-state index in [-0.39, 0.29) is 18.1 Å². The molecule has 8 N–H and O–H groups in total. The monoisotopic (exact) mass is 465 g/mol. The Bertz CT molecular complexity index is 835. The molecule has 176 valence electrons. The zero-order chi connectivity index (χ0) is 23.7. The molecule has 0 aliphatic carbocycles. The van der Waals surface area contributed by atoms with E-state index in [1.54, 1.807) is 18.2 Å². The van der Waals surface area contributed by atoms with Crippen molar-refractivity contribution in [1.82, 2.24) is 16.0 Å². The molecule has 2 rings (SSSR count). The molecule has 1 aromatic carbocycles. The highest BCUT2D eigenvalue weighted by Gasteiger charge is 2.32. The van der Waals surface area contributed by atoms with Crippen molar-refractivity contribution in [2.24, 2.45) is 11.5 Å². The molecule has 1 aliphatic rings. The Balaban J connectivity index is 2.37. The van der Waals surface area contributed by atoms with Crippen LogP contribution in [0.25, 0.3) is 0 Å². The zero-order valence-corrected chi connectivity index (χ0v) is 18.8. The maximum atomic E-state index is 12.9. The molecule has 0 radical (unpaired) electrons. The van der Waals surface area contributed by atoms with Crippen LogP contribution < -0.4 is 27.4 Å². The first-order valence-corrected chi connectivity index (χ1v) is 11.5. The third-order valence-corrected chi connectivity index (χ3v) is 6.26. The molecule has 0 bridgehead atoms. The summed E-state index contributed by atoms with van der Waals surface area (Å²) in [5.74, 6) is -2.32. The van der Waals surface area contributed by atoms with Crippen LogP contribution in [0.15, 0.2) is 29.2 Å². The number of benzene rings is 1. The van der Waals surface area contributed by atoms with Gasteiger partial charge in [0.15, 0.2) is 0 Å². The molecular weight excluding hydrogens is 434 g/mol. The summed E-state index contributed by atoms with van der Waals surface area (Å²) in [5.41, 5.74) is 11.7. The minimum Gasteiger partial charge on any atom is -0.391 e. The van der Waals surface area contributed by atoms with Gasteiger partial charge in [-0.2, -0.15) is 0 Å². The number of thioether (sulfide) groups is 1. The van der Waals surface area contributed by atoms with Gasteiger partial charge in [0.2, 0.25) is 23.6 Å². The van der Waals surface area contributed by atoms with Crippen LogP contribution >= 0.6 is 11.8 Å². The number of aliphatic hydroxyl groups is 1. The number of nitrogens with one attached hydrogen (secondary N) is 3. The van der Waals surface area contributed by atoms with E-state index in [2.05, 4.69) is 16.0 Å². The van der Waals surface area contributed by atoms with E-state index in [1.165, 1.54) is 18.7 Å². The van der Waals surface area contributed by atoms with E-state index in [9.17, 15) is 24.3 Å². The third-order valence-electron chi connectivity index (χ3n) is 5.05. The number of carbonyl (C=O) groups excluding carboxylic acids is 4. The Morgan fingerprint density at radius 2 is 1.88 bits per heavy atom. The molecule has 1 unspecified atom stereocenters. The lowest BCUT2D eigenvalue weighted by Crippen LogP contribution is -2.60. The largest absolute Gasteiger partial charge is 0.391 e. The van der Waals surface area contributed by atoms with E-state index in [1.807, 2.05) is 6.07 Å². The molecule has 4 amide bonds. The van der Waals surface area contributed by atoms with Gasteiger partial charge in [0.25, 0.3) is 0 Å². The molecule has 11 heteroatoms. The summed E-state index contributed by atoms with van der Waals surface area (Å²) in [6.07, 6.45) is 0.380. The van der Waals surface area contributed by atoms with Crippen molar-refractivity contribution in [2.75, 3.05) is 12.3 Å². The van der Waals surface area contributed by atoms with Gasteiger partial charge in [0, 0.05) is 10.6 Å². The second kappa shape index (κ2) is 12.4. The van der Waals surface area contributed by atoms with Crippen molar-refractivity contribution >= 4 is 35.4 Å². The Hall–Kier alpha value is -2.63. The fourth-order valence-electron chi connectivity index (χ4n) is 3.26. The second-order valence-corrected chi connectivity index (χ2v) is 8.75. The number of amides is 4. The highest BCUT2D eigenvalue weighted by molar-refractivity contribution is 7.99. The highest BCUT2D eigenvalue weighted by Crippen LogP contribution is 2.24. The molecule has 1 heterocycles. The normalized spacial score (nSPS) is 23.7. The average Bonchev–Trinajstić information content (AvgIpc) is 2.73. The van der Waals surface area contributed by atoms with Crippen molar-refractivity contribution in [3.8, 4) is 0 Å². The van der Waals surface area contributed by atoms with Crippen LogP contribution in [0.1, 0.15) is 31.7 Å². The number of hydrogen-bond acceptors (Lipinski definition) is 7. The fourth-order valence-corrected chi connectivity index (χ4v) is 4.35. The maximum absolute atomic E-state index is 12.9. The van der Waals surface area contributed by atoms with Crippen LogP contribution in [-0.2, 0) is 25.6 Å². The molecule has 1 aromatic rings. The number of unbranched alkanes of at least 4 members (excludes halogenated alkanes) is 1. The molecule has 10 nitrogen and oxygen atoms in total. The van der Waals surface area contributed by atoms with Crippen LogP contribution in [0.2, 0.25) is 0 Å². The summed E-state index contributed by atoms with van der Waals surface area (Å²) in [7, 11) is 0. The SMILES string of the molecule is CC(O)[C@@H]1NC(=O)[C@H](CCCCN)NC(=O)Cc2ccccc2SC[C@@H](C(N)=O)NC1=O. The lowest BCUT2D eigenvalue weighted by Gasteiger charge is -2.27. The number of aliphatic hydroxyl groups excluding tert-OH is 1. The average molecular weight is 466 g/mol. The predicted octanol–water partition coefficient (Wildman–Crippen LogP) is -1.22. The van der Waals surface area contributed by atoms with Crippen molar-refractivity contribution in [3.05, 3.63) is 29.8 Å². The number of hydrogen-bond donors (Lipinski definition) is 6. The van der Waals surface area contributed by atoms with Crippen molar-refractivity contribution in [3.63, 3.8) is 0 Å². The van der Waals surface area contributed by atoms with Gasteiger partial charge in [-0.1, -0.05) is 18.2 Å². The first kappa shape index (κ1) is 25.6. The molecule has 0 saturated carbocycles. The Kier molecular flexibility index (Phi) is 9.95. The van der Waals surface area contributed by atoms with Crippen LogP contribution in [0.3, 0.4) is 0 Å². The number of fused-ring (bicyclic) bond motifs is 1. The topological polar surface area (TPSA) is 177 Å². The summed E-state index contributed by atoms with van der Waals surface area (Å²) in [5, 5.41) is 17.8. The van der Waals surface area contributed by atoms with E-state index in [0.29, 0.717) is 25.8 Å². The Morgan fingerprint density at radius 1 is 1.16 bits per heavy atom. The first-order valence-electron chi connectivity index (χ1n) is 10.5. The zero-order valence-electron chi connectivity index (χ0n) is 18.0. The Morgan fingerprint density at radius 3 is 2.53 bits per heavy atom. The number of primary amides is 1. The minimum absolute atomic E-state index is 0.0390. The van der Waals surface area contributed by atoms with Gasteiger partial charge in [0.1, 0.15) is 18.1 Å². The summed E-state index contributed by atoms with van der Waals surface area (Å²) < 4.78 is 0. The highest BCUT2D eigenvalue weighted by atomic mass is 32.2. The smallest absolute Gasteiger partial charge is 0.245 e. The number of rotatable bonds is 6. The molecule has 1 aliphatic heterocycles. The number of carbonyl (C=O) groups is 4. The van der Waals surface area contributed by atoms with Crippen molar-refractivity contribution in [1.29, 1.82) is 0 Å². The van der Waals surface area contributed by atoms with E-state index < -0.39 is 42.0 Å². The van der Waals surface area contributed by atoms with E-state index in [0.717, 1.165) is 10.5 Å². The predicted molar refractivity (Wildman–Crippen MR) is 120 cm³/mol. The van der Waals surface area contributed by atoms with Gasteiger partial charge in [0.05, 0.1) is 12.5 Å². The summed E-state index contributed by atoms with van der Waals surface area (Å²) >= 11 is 1.28. The molecule has 0 spiro atoms. The lowest BCUT2D eigenvalue weighted by molar-refractivity contribution is -0.135. The fraction of sp³-hybridized carbons (Fsp3) is 0.524. The molecule has 4 atom stereocenters. The van der Waals surface area contributed by atoms with Crippen molar-refractivity contribution < 1.29 is 24.3 Å². The second-order valence-electron chi connectivity index (χ2n) is 7.69. The van der Waals surface area contributed by atoms with Gasteiger partial charge in [-0.25, -0.2) is 0 Å². The maximum Gasteiger partial charge on any atom is 0.245 e. The van der Waals surface area contributed by atoms with Gasteiger partial charge in [-0.15, -0.1) is 11.8 Å². The van der Waals surface area contributed by atoms with Gasteiger partial charge in [-0.05, 0) is 44.4 Å². The molecule has 0 saturated heterocycles. The van der Waals surface area contributed by atoms with Crippen LogP contribution in [0.5, 0.6) is 0 Å². The Labute approximate surface area is 191 Å². The van der Waals surface area contributed by atoms with Crippen molar-refractivity contribution in [2.45, 2.75) is 61.7 Å². The third kappa shape index (κ3) is 7.50. The van der Waals surface area contributed by atoms with Gasteiger partial charge in [-0.3, -0.25) is 19.2 Å². The van der Waals surface area contributed by atoms with Crippen LogP contribution in [0, 0.1) is 0 Å². The quantitative estimate of drug-likeness (QED) is 0.285. The van der Waals surface area contributed by atoms with E-state index in [4.69, 9.17) is 11.5 Å². The summed E-state index contributed by atoms with van der Waals surface area (Å²) in [6.45, 7) is 1.79. The van der Waals surface area contributed by atoms with Gasteiger partial charge >= 0.3 is 0 Å². The summed E-state index contributed by atoms with van der Waals surface area (Å²) in [6, 6.07) is 3.94. The van der Waals surface area contributed by atoms with Crippen LogP contribution in [-0.4, -0.2) is 65.3 Å². The molecule has 32 heavy (non-hydrogen) atoms. The molecule has 0 aromatic heterocycles. The number of nitrogens with two attached hydrogens (primary N) is 2. The minimum atomic E-state index is -1.32.